The maximum Gasteiger partial charge on any atom is 0.272 e. The van der Waals surface area contributed by atoms with Crippen LogP contribution < -0.4 is 0 Å². The van der Waals surface area contributed by atoms with Gasteiger partial charge in [-0.3, -0.25) is 14.6 Å². The maximum absolute atomic E-state index is 12.8. The van der Waals surface area contributed by atoms with Crippen molar-refractivity contribution in [1.29, 1.82) is 0 Å². The topological polar surface area (TPSA) is 87.7 Å². The lowest BCUT2D eigenvalue weighted by Crippen LogP contribution is -2.41. The number of aromatic nitrogens is 1. The molecule has 1 unspecified atom stereocenters. The molecule has 1 aromatic rings. The van der Waals surface area contributed by atoms with Gasteiger partial charge in [0.2, 0.25) is 0 Å². The van der Waals surface area contributed by atoms with Crippen molar-refractivity contribution in [3.05, 3.63) is 29.6 Å². The molecule has 0 radical (unpaired) electrons. The number of hydrogen-bond acceptors (Lipinski definition) is 5. The van der Waals surface area contributed by atoms with Crippen molar-refractivity contribution in [2.75, 3.05) is 31.1 Å². The van der Waals surface area contributed by atoms with Crippen LogP contribution in [0.3, 0.4) is 0 Å². The Balaban J connectivity index is 2.24. The third-order valence-corrected chi connectivity index (χ3v) is 6.28. The minimum atomic E-state index is -3.07. The summed E-state index contributed by atoms with van der Waals surface area (Å²) in [5.41, 5.74) is 0.585. The van der Waals surface area contributed by atoms with Crippen LogP contribution >= 0.6 is 0 Å². The van der Waals surface area contributed by atoms with Gasteiger partial charge < -0.3 is 9.80 Å². The standard InChI is InChI=1S/C17H25N3O4S/c1-4-19(5-2)17(22)15-11-13(7-9-18-15)16(21)20(6-3)14-8-10-25(23,24)12-14/h7,9,11,14H,4-6,8,10,12H2,1-3H3. The van der Waals surface area contributed by atoms with Gasteiger partial charge in [-0.2, -0.15) is 0 Å². The summed E-state index contributed by atoms with van der Waals surface area (Å²) in [5, 5.41) is 0. The molecule has 1 saturated heterocycles. The summed E-state index contributed by atoms with van der Waals surface area (Å²) in [5.74, 6) is -0.362. The Morgan fingerprint density at radius 3 is 2.36 bits per heavy atom. The lowest BCUT2D eigenvalue weighted by molar-refractivity contribution is 0.0708. The SMILES string of the molecule is CCN(CC)C(=O)c1cc(C(=O)N(CC)C2CCS(=O)(=O)C2)ccn1. The Bertz CT molecular complexity index is 744. The van der Waals surface area contributed by atoms with E-state index in [1.165, 1.54) is 12.3 Å². The summed E-state index contributed by atoms with van der Waals surface area (Å²) < 4.78 is 23.4. The van der Waals surface area contributed by atoms with Gasteiger partial charge in [0.25, 0.3) is 11.8 Å². The third kappa shape index (κ3) is 4.36. The Morgan fingerprint density at radius 1 is 1.16 bits per heavy atom. The highest BCUT2D eigenvalue weighted by atomic mass is 32.2. The highest BCUT2D eigenvalue weighted by molar-refractivity contribution is 7.91. The molecule has 2 heterocycles. The van der Waals surface area contributed by atoms with Gasteiger partial charge in [-0.1, -0.05) is 0 Å². The molecule has 0 saturated carbocycles. The van der Waals surface area contributed by atoms with Crippen molar-refractivity contribution in [3.63, 3.8) is 0 Å². The quantitative estimate of drug-likeness (QED) is 0.754. The minimum Gasteiger partial charge on any atom is -0.338 e. The average molecular weight is 367 g/mol. The number of rotatable bonds is 6. The van der Waals surface area contributed by atoms with Crippen LogP contribution in [0, 0.1) is 0 Å². The van der Waals surface area contributed by atoms with E-state index in [-0.39, 0.29) is 35.1 Å². The first-order valence-corrected chi connectivity index (χ1v) is 10.4. The molecule has 2 amide bonds. The molecule has 0 aliphatic carbocycles. The van der Waals surface area contributed by atoms with Crippen LogP contribution in [0.2, 0.25) is 0 Å². The van der Waals surface area contributed by atoms with Crippen LogP contribution in [0.15, 0.2) is 18.3 Å². The van der Waals surface area contributed by atoms with Crippen molar-refractivity contribution in [3.8, 4) is 0 Å². The molecule has 1 atom stereocenters. The fourth-order valence-electron chi connectivity index (χ4n) is 3.11. The minimum absolute atomic E-state index is 0.00288. The Hall–Kier alpha value is -1.96. The largest absolute Gasteiger partial charge is 0.338 e. The molecular formula is C17H25N3O4S. The Kier molecular flexibility index (Phi) is 6.16. The van der Waals surface area contributed by atoms with Crippen molar-refractivity contribution < 1.29 is 18.0 Å². The second-order valence-corrected chi connectivity index (χ2v) is 8.28. The van der Waals surface area contributed by atoms with Crippen LogP contribution in [0.5, 0.6) is 0 Å². The molecule has 0 bridgehead atoms. The van der Waals surface area contributed by atoms with Gasteiger partial charge in [-0.05, 0) is 39.3 Å². The third-order valence-electron chi connectivity index (χ3n) is 4.53. The van der Waals surface area contributed by atoms with Gasteiger partial charge >= 0.3 is 0 Å². The summed E-state index contributed by atoms with van der Waals surface area (Å²) in [6, 6.07) is 2.75. The van der Waals surface area contributed by atoms with Crippen LogP contribution in [0.1, 0.15) is 48.0 Å². The molecule has 1 aromatic heterocycles. The van der Waals surface area contributed by atoms with E-state index in [1.54, 1.807) is 15.9 Å². The fraction of sp³-hybridized carbons (Fsp3) is 0.588. The Labute approximate surface area is 148 Å². The molecular weight excluding hydrogens is 342 g/mol. The van der Waals surface area contributed by atoms with Gasteiger partial charge in [-0.25, -0.2) is 8.42 Å². The van der Waals surface area contributed by atoms with Crippen molar-refractivity contribution in [2.24, 2.45) is 0 Å². The van der Waals surface area contributed by atoms with Crippen LogP contribution in [0.25, 0.3) is 0 Å². The highest BCUT2D eigenvalue weighted by Crippen LogP contribution is 2.20. The lowest BCUT2D eigenvalue weighted by atomic mass is 10.1. The molecule has 1 fully saturated rings. The molecule has 8 heteroatoms. The number of carbonyl (C=O) groups is 2. The number of nitrogens with zero attached hydrogens (tertiary/aromatic N) is 3. The second kappa shape index (κ2) is 7.95. The van der Waals surface area contributed by atoms with Crippen LogP contribution in [-0.2, 0) is 9.84 Å². The van der Waals surface area contributed by atoms with Gasteiger partial charge in [0, 0.05) is 37.4 Å². The van der Waals surface area contributed by atoms with Gasteiger partial charge in [0.1, 0.15) is 5.69 Å². The average Bonchev–Trinajstić information content (AvgIpc) is 2.96. The van der Waals surface area contributed by atoms with E-state index in [1.807, 2.05) is 20.8 Å². The number of carbonyl (C=O) groups excluding carboxylic acids is 2. The van der Waals surface area contributed by atoms with Gasteiger partial charge in [-0.15, -0.1) is 0 Å². The molecule has 0 spiro atoms. The zero-order valence-corrected chi connectivity index (χ0v) is 15.8. The van der Waals surface area contributed by atoms with Crippen LogP contribution in [0.4, 0.5) is 0 Å². The summed E-state index contributed by atoms with van der Waals surface area (Å²) in [6.07, 6.45) is 1.90. The summed E-state index contributed by atoms with van der Waals surface area (Å²) in [6.45, 7) is 7.14. The molecule has 138 valence electrons. The van der Waals surface area contributed by atoms with E-state index < -0.39 is 9.84 Å². The highest BCUT2D eigenvalue weighted by Gasteiger charge is 2.34. The van der Waals surface area contributed by atoms with Crippen molar-refractivity contribution >= 4 is 21.7 Å². The molecule has 0 aromatic carbocycles. The number of amides is 2. The van der Waals surface area contributed by atoms with Crippen LogP contribution in [-0.4, -0.2) is 72.2 Å². The monoisotopic (exact) mass is 367 g/mol. The Morgan fingerprint density at radius 2 is 1.84 bits per heavy atom. The molecule has 25 heavy (non-hydrogen) atoms. The molecule has 0 N–H and O–H groups in total. The number of hydrogen-bond donors (Lipinski definition) is 0. The molecule has 7 nitrogen and oxygen atoms in total. The van der Waals surface area contributed by atoms with E-state index in [0.717, 1.165) is 0 Å². The van der Waals surface area contributed by atoms with E-state index in [0.29, 0.717) is 31.6 Å². The van der Waals surface area contributed by atoms with Crippen molar-refractivity contribution in [2.45, 2.75) is 33.2 Å². The summed E-state index contributed by atoms with van der Waals surface area (Å²) in [4.78, 5) is 32.6. The normalized spacial score (nSPS) is 18.8. The summed E-state index contributed by atoms with van der Waals surface area (Å²) >= 11 is 0. The first kappa shape index (κ1) is 19.4. The first-order chi connectivity index (χ1) is 11.8. The van der Waals surface area contributed by atoms with Gasteiger partial charge in [0.15, 0.2) is 9.84 Å². The molecule has 1 aliphatic heterocycles. The first-order valence-electron chi connectivity index (χ1n) is 8.59. The zero-order valence-electron chi connectivity index (χ0n) is 14.9. The predicted molar refractivity (Wildman–Crippen MR) is 95.3 cm³/mol. The van der Waals surface area contributed by atoms with E-state index in [4.69, 9.17) is 0 Å². The van der Waals surface area contributed by atoms with Crippen molar-refractivity contribution in [1.82, 2.24) is 14.8 Å². The molecule has 1 aliphatic rings. The second-order valence-electron chi connectivity index (χ2n) is 6.06. The summed E-state index contributed by atoms with van der Waals surface area (Å²) in [7, 11) is -3.07. The fourth-order valence-corrected chi connectivity index (χ4v) is 4.84. The predicted octanol–water partition coefficient (Wildman–Crippen LogP) is 1.21. The number of sulfone groups is 1. The number of pyridine rings is 1. The molecule has 2 rings (SSSR count). The van der Waals surface area contributed by atoms with E-state index in [9.17, 15) is 18.0 Å². The smallest absolute Gasteiger partial charge is 0.272 e. The van der Waals surface area contributed by atoms with Gasteiger partial charge in [0.05, 0.1) is 11.5 Å². The van der Waals surface area contributed by atoms with E-state index in [2.05, 4.69) is 4.98 Å². The maximum atomic E-state index is 12.8. The zero-order chi connectivity index (χ0) is 18.6. The lowest BCUT2D eigenvalue weighted by Gasteiger charge is -2.27. The van der Waals surface area contributed by atoms with E-state index >= 15 is 0 Å².